The van der Waals surface area contributed by atoms with E-state index in [0.717, 1.165) is 19.3 Å². The molecule has 7 heteroatoms. The van der Waals surface area contributed by atoms with Crippen LogP contribution in [0.3, 0.4) is 0 Å². The van der Waals surface area contributed by atoms with Crippen LogP contribution < -0.4 is 113 Å². The molecule has 0 saturated carbocycles. The predicted octanol–water partition coefficient (Wildman–Crippen LogP) is -4.50. The van der Waals surface area contributed by atoms with Gasteiger partial charge in [0.15, 0.2) is 0 Å². The van der Waals surface area contributed by atoms with E-state index < -0.39 is 11.9 Å². The third kappa shape index (κ3) is 26.2. The zero-order valence-electron chi connectivity index (χ0n) is 16.7. The van der Waals surface area contributed by atoms with Gasteiger partial charge in [-0.05, 0) is 13.0 Å². The summed E-state index contributed by atoms with van der Waals surface area (Å²) in [5.41, 5.74) is 0. The molecule has 0 heterocycles. The van der Waals surface area contributed by atoms with E-state index in [0.29, 0.717) is 6.54 Å². The van der Waals surface area contributed by atoms with Crippen LogP contribution in [-0.2, 0) is 9.59 Å². The molecule has 0 rings (SSSR count). The zero-order chi connectivity index (χ0) is 17.3. The number of unbranched alkanes of at least 4 members (excludes halogenated alkanes) is 11. The maximum atomic E-state index is 10.5. The number of hydrogen-bond donors (Lipinski definition) is 0. The van der Waals surface area contributed by atoms with Crippen LogP contribution in [0.1, 0.15) is 84.0 Å². The van der Waals surface area contributed by atoms with Crippen molar-refractivity contribution in [1.29, 1.82) is 0 Å². The molecule has 0 spiro atoms. The first kappa shape index (κ1) is 31.9. The van der Waals surface area contributed by atoms with Crippen LogP contribution in [0.25, 0.3) is 0 Å². The molecule has 0 aliphatic carbocycles. The van der Waals surface area contributed by atoms with Gasteiger partial charge in [-0.1, -0.05) is 77.6 Å². The van der Waals surface area contributed by atoms with Gasteiger partial charge in [-0.2, -0.15) is 0 Å². The average Bonchev–Trinajstić information content (AvgIpc) is 2.47. The van der Waals surface area contributed by atoms with Crippen LogP contribution in [-0.4, -0.2) is 36.5 Å². The molecule has 5 nitrogen and oxygen atoms in total. The van der Waals surface area contributed by atoms with E-state index >= 15 is 0 Å². The number of rotatable bonds is 17. The van der Waals surface area contributed by atoms with Crippen molar-refractivity contribution in [3.63, 3.8) is 0 Å². The van der Waals surface area contributed by atoms with E-state index in [1.807, 2.05) is 0 Å². The van der Waals surface area contributed by atoms with Crippen molar-refractivity contribution >= 4 is 11.9 Å². The second-order valence-corrected chi connectivity index (χ2v) is 6.34. The van der Waals surface area contributed by atoms with Gasteiger partial charge in [0.25, 0.3) is 0 Å². The summed E-state index contributed by atoms with van der Waals surface area (Å²) in [5, 5.41) is 21.1. The second kappa shape index (κ2) is 24.2. The van der Waals surface area contributed by atoms with Crippen LogP contribution in [0.5, 0.6) is 0 Å². The Hall–Kier alpha value is 2.17. The average molecular weight is 406 g/mol. The van der Waals surface area contributed by atoms with E-state index in [2.05, 4.69) is 6.92 Å². The molecule has 0 aliphatic rings. The van der Waals surface area contributed by atoms with Crippen LogP contribution in [0.2, 0.25) is 0 Å². The molecule has 25 heavy (non-hydrogen) atoms. The maximum Gasteiger partial charge on any atom is 1.00 e. The van der Waals surface area contributed by atoms with Gasteiger partial charge < -0.3 is 19.8 Å². The van der Waals surface area contributed by atoms with Crippen molar-refractivity contribution in [2.45, 2.75) is 84.0 Å². The minimum atomic E-state index is -1.25. The van der Waals surface area contributed by atoms with Crippen molar-refractivity contribution in [1.82, 2.24) is 4.90 Å². The molecular formula is C18H33K2NO4. The van der Waals surface area contributed by atoms with Gasteiger partial charge >= 0.3 is 103 Å². The summed E-state index contributed by atoms with van der Waals surface area (Å²) < 4.78 is 0. The smallest absolute Gasteiger partial charge is 0.549 e. The second-order valence-electron chi connectivity index (χ2n) is 6.34. The minimum Gasteiger partial charge on any atom is -0.549 e. The van der Waals surface area contributed by atoms with Crippen molar-refractivity contribution < 1.29 is 123 Å². The molecule has 0 unspecified atom stereocenters. The standard InChI is InChI=1S/C18H35NO4.2K/c1-2-3-4-5-6-7-8-9-10-11-12-13-14-19(15-17(20)21)16-18(22)23;;/h2-16H2,1H3,(H,20,21)(H,22,23);;/q;2*+1/p-2. The molecule has 0 atom stereocenters. The molecule has 136 valence electrons. The quantitative estimate of drug-likeness (QED) is 0.180. The summed E-state index contributed by atoms with van der Waals surface area (Å²) in [4.78, 5) is 22.4. The van der Waals surface area contributed by atoms with Gasteiger partial charge in [0.05, 0.1) is 11.9 Å². The Kier molecular flexibility index (Phi) is 30.8. The summed E-state index contributed by atoms with van der Waals surface area (Å²) in [5.74, 6) is -2.49. The molecule has 0 aromatic heterocycles. The molecule has 0 bridgehead atoms. The van der Waals surface area contributed by atoms with Gasteiger partial charge in [-0.3, -0.25) is 4.90 Å². The molecule has 0 fully saturated rings. The molecule has 0 N–H and O–H groups in total. The van der Waals surface area contributed by atoms with E-state index in [1.165, 1.54) is 62.7 Å². The number of hydrogen-bond acceptors (Lipinski definition) is 5. The van der Waals surface area contributed by atoms with E-state index in [-0.39, 0.29) is 116 Å². The van der Waals surface area contributed by atoms with Crippen molar-refractivity contribution in [3.8, 4) is 0 Å². The Morgan fingerprint density at radius 2 is 0.960 bits per heavy atom. The zero-order valence-corrected chi connectivity index (χ0v) is 22.9. The monoisotopic (exact) mass is 405 g/mol. The van der Waals surface area contributed by atoms with Crippen molar-refractivity contribution in [2.75, 3.05) is 19.6 Å². The van der Waals surface area contributed by atoms with Gasteiger partial charge in [-0.15, -0.1) is 0 Å². The molecule has 0 aromatic carbocycles. The van der Waals surface area contributed by atoms with Gasteiger partial charge in [0.2, 0.25) is 0 Å². The van der Waals surface area contributed by atoms with E-state index in [1.54, 1.807) is 0 Å². The van der Waals surface area contributed by atoms with Crippen LogP contribution in [0, 0.1) is 0 Å². The molecule has 0 aromatic rings. The number of carbonyl (C=O) groups excluding carboxylic acids is 2. The Morgan fingerprint density at radius 1 is 0.640 bits per heavy atom. The fourth-order valence-electron chi connectivity index (χ4n) is 2.76. The summed E-state index contributed by atoms with van der Waals surface area (Å²) in [6.07, 6.45) is 14.8. The fraction of sp³-hybridized carbons (Fsp3) is 0.889. The van der Waals surface area contributed by atoms with E-state index in [9.17, 15) is 19.8 Å². The molecule has 0 saturated heterocycles. The Balaban J connectivity index is -0.00000242. The number of carboxylic acid groups (broad SMARTS) is 2. The van der Waals surface area contributed by atoms with Gasteiger partial charge in [0, 0.05) is 13.1 Å². The van der Waals surface area contributed by atoms with Crippen molar-refractivity contribution in [3.05, 3.63) is 0 Å². The fourth-order valence-corrected chi connectivity index (χ4v) is 2.76. The molecule has 0 radical (unpaired) electrons. The number of nitrogens with zero attached hydrogens (tertiary/aromatic N) is 1. The Bertz CT molecular complexity index is 301. The normalized spacial score (nSPS) is 10.2. The molecular weight excluding hydrogens is 372 g/mol. The van der Waals surface area contributed by atoms with Crippen LogP contribution in [0.4, 0.5) is 0 Å². The third-order valence-corrected chi connectivity index (χ3v) is 4.03. The minimum absolute atomic E-state index is 0. The summed E-state index contributed by atoms with van der Waals surface area (Å²) in [6.45, 7) is 2.02. The summed E-state index contributed by atoms with van der Waals surface area (Å²) >= 11 is 0. The maximum absolute atomic E-state index is 10.5. The SMILES string of the molecule is CCCCCCCCCCCCCCN(CC(=O)[O-])CC(=O)[O-].[K+].[K+]. The first-order valence-electron chi connectivity index (χ1n) is 9.18. The molecule has 0 aliphatic heterocycles. The Labute approximate surface area is 238 Å². The van der Waals surface area contributed by atoms with E-state index in [4.69, 9.17) is 0 Å². The van der Waals surface area contributed by atoms with Crippen molar-refractivity contribution in [2.24, 2.45) is 0 Å². The van der Waals surface area contributed by atoms with Gasteiger partial charge in [0.1, 0.15) is 0 Å². The number of carboxylic acids is 2. The topological polar surface area (TPSA) is 83.5 Å². The predicted molar refractivity (Wildman–Crippen MR) is 87.5 cm³/mol. The largest absolute Gasteiger partial charge is 1.00 e. The summed E-state index contributed by atoms with van der Waals surface area (Å²) in [7, 11) is 0. The number of carbonyl (C=O) groups is 2. The molecule has 0 amide bonds. The van der Waals surface area contributed by atoms with Crippen LogP contribution in [0.15, 0.2) is 0 Å². The number of aliphatic carboxylic acids is 2. The summed E-state index contributed by atoms with van der Waals surface area (Å²) in [6, 6.07) is 0. The third-order valence-electron chi connectivity index (χ3n) is 4.03. The Morgan fingerprint density at radius 3 is 1.28 bits per heavy atom. The first-order chi connectivity index (χ1) is 11.1. The van der Waals surface area contributed by atoms with Crippen LogP contribution >= 0.6 is 0 Å². The van der Waals surface area contributed by atoms with Gasteiger partial charge in [-0.25, -0.2) is 0 Å². The first-order valence-corrected chi connectivity index (χ1v) is 9.18.